The smallest absolute Gasteiger partial charge is 0.226 e. The number of hydrogen-bond acceptors (Lipinski definition) is 3. The second kappa shape index (κ2) is 8.18. The molecule has 2 rings (SSSR count). The molecular formula is C18H28N2O2. The summed E-state index contributed by atoms with van der Waals surface area (Å²) >= 11 is 0. The van der Waals surface area contributed by atoms with Crippen molar-refractivity contribution in [3.05, 3.63) is 29.3 Å². The van der Waals surface area contributed by atoms with Crippen LogP contribution in [0.15, 0.2) is 18.2 Å². The van der Waals surface area contributed by atoms with Crippen LogP contribution in [0.1, 0.15) is 30.4 Å². The van der Waals surface area contributed by atoms with E-state index in [4.69, 9.17) is 4.74 Å². The number of aryl methyl sites for hydroxylation is 2. The first-order valence-electron chi connectivity index (χ1n) is 8.22. The number of amides is 1. The molecule has 1 fully saturated rings. The lowest BCUT2D eigenvalue weighted by molar-refractivity contribution is -0.133. The summed E-state index contributed by atoms with van der Waals surface area (Å²) in [5.74, 6) is 1.69. The van der Waals surface area contributed by atoms with Gasteiger partial charge in [0.15, 0.2) is 0 Å². The van der Waals surface area contributed by atoms with Crippen molar-refractivity contribution in [2.45, 2.75) is 33.1 Å². The van der Waals surface area contributed by atoms with Gasteiger partial charge in [0.2, 0.25) is 5.91 Å². The van der Waals surface area contributed by atoms with Crippen LogP contribution in [-0.4, -0.2) is 44.1 Å². The Balaban J connectivity index is 1.78. The Labute approximate surface area is 133 Å². The molecule has 1 aromatic rings. The fraction of sp³-hybridized carbons (Fsp3) is 0.611. The minimum Gasteiger partial charge on any atom is -0.493 e. The Hall–Kier alpha value is -1.55. The zero-order valence-electron chi connectivity index (χ0n) is 14.0. The first-order valence-corrected chi connectivity index (χ1v) is 8.22. The van der Waals surface area contributed by atoms with Gasteiger partial charge in [-0.25, -0.2) is 0 Å². The minimum atomic E-state index is 0.214. The van der Waals surface area contributed by atoms with Crippen LogP contribution in [0.4, 0.5) is 0 Å². The van der Waals surface area contributed by atoms with E-state index in [1.807, 2.05) is 31.9 Å². The van der Waals surface area contributed by atoms with Crippen LogP contribution >= 0.6 is 0 Å². The standard InChI is InChI=1S/C18H28N2O2/c1-14-6-7-15(2)17(11-14)22-10-8-18(21)20-9-4-5-16(13-20)12-19-3/h6-7,11,16,19H,4-5,8-10,12-13H2,1-3H3. The molecule has 0 aliphatic carbocycles. The molecule has 1 N–H and O–H groups in total. The van der Waals surface area contributed by atoms with Crippen molar-refractivity contribution in [2.75, 3.05) is 33.3 Å². The molecule has 4 nitrogen and oxygen atoms in total. The molecule has 1 heterocycles. The summed E-state index contributed by atoms with van der Waals surface area (Å²) in [6.07, 6.45) is 2.78. The molecule has 1 saturated heterocycles. The molecule has 0 spiro atoms. The van der Waals surface area contributed by atoms with Crippen molar-refractivity contribution in [1.82, 2.24) is 10.2 Å². The van der Waals surface area contributed by atoms with Crippen molar-refractivity contribution in [3.63, 3.8) is 0 Å². The van der Waals surface area contributed by atoms with Gasteiger partial charge in [0.1, 0.15) is 5.75 Å². The predicted molar refractivity (Wildman–Crippen MR) is 89.3 cm³/mol. The van der Waals surface area contributed by atoms with Crippen LogP contribution in [0.2, 0.25) is 0 Å². The van der Waals surface area contributed by atoms with Gasteiger partial charge in [0.05, 0.1) is 13.0 Å². The zero-order chi connectivity index (χ0) is 15.9. The van der Waals surface area contributed by atoms with E-state index in [2.05, 4.69) is 17.4 Å². The van der Waals surface area contributed by atoms with Crippen LogP contribution in [0, 0.1) is 19.8 Å². The second-order valence-corrected chi connectivity index (χ2v) is 6.27. The lowest BCUT2D eigenvalue weighted by Crippen LogP contribution is -2.42. The van der Waals surface area contributed by atoms with Crippen molar-refractivity contribution < 1.29 is 9.53 Å². The SMILES string of the molecule is CNCC1CCCN(C(=O)CCOc2cc(C)ccc2C)C1. The van der Waals surface area contributed by atoms with Gasteiger partial charge in [-0.1, -0.05) is 12.1 Å². The van der Waals surface area contributed by atoms with Gasteiger partial charge in [-0.05, 0) is 63.4 Å². The molecule has 1 unspecified atom stereocenters. The van der Waals surface area contributed by atoms with Gasteiger partial charge in [-0.15, -0.1) is 0 Å². The van der Waals surface area contributed by atoms with Gasteiger partial charge in [0, 0.05) is 13.1 Å². The molecule has 1 aliphatic rings. The zero-order valence-corrected chi connectivity index (χ0v) is 14.0. The van der Waals surface area contributed by atoms with Crippen LogP contribution in [0.3, 0.4) is 0 Å². The van der Waals surface area contributed by atoms with Crippen molar-refractivity contribution in [1.29, 1.82) is 0 Å². The van der Waals surface area contributed by atoms with Crippen molar-refractivity contribution in [2.24, 2.45) is 5.92 Å². The number of likely N-dealkylation sites (tertiary alicyclic amines) is 1. The third-order valence-corrected chi connectivity index (χ3v) is 4.28. The molecule has 1 aromatic carbocycles. The van der Waals surface area contributed by atoms with Crippen LogP contribution in [0.25, 0.3) is 0 Å². The third-order valence-electron chi connectivity index (χ3n) is 4.28. The monoisotopic (exact) mass is 304 g/mol. The highest BCUT2D eigenvalue weighted by molar-refractivity contribution is 5.76. The number of hydrogen-bond donors (Lipinski definition) is 1. The van der Waals surface area contributed by atoms with E-state index < -0.39 is 0 Å². The first-order chi connectivity index (χ1) is 10.6. The van der Waals surface area contributed by atoms with Gasteiger partial charge in [-0.3, -0.25) is 4.79 Å². The number of benzene rings is 1. The fourth-order valence-corrected chi connectivity index (χ4v) is 3.02. The highest BCUT2D eigenvalue weighted by atomic mass is 16.5. The largest absolute Gasteiger partial charge is 0.493 e. The number of piperidine rings is 1. The van der Waals surface area contributed by atoms with E-state index in [1.54, 1.807) is 0 Å². The highest BCUT2D eigenvalue weighted by Gasteiger charge is 2.22. The lowest BCUT2D eigenvalue weighted by atomic mass is 9.98. The number of carbonyl (C=O) groups is 1. The van der Waals surface area contributed by atoms with E-state index >= 15 is 0 Å². The molecule has 0 saturated carbocycles. The summed E-state index contributed by atoms with van der Waals surface area (Å²) in [4.78, 5) is 14.3. The molecule has 122 valence electrons. The molecule has 22 heavy (non-hydrogen) atoms. The second-order valence-electron chi connectivity index (χ2n) is 6.27. The average Bonchev–Trinajstić information content (AvgIpc) is 2.51. The Kier molecular flexibility index (Phi) is 6.25. The number of rotatable bonds is 6. The summed E-state index contributed by atoms with van der Waals surface area (Å²) in [7, 11) is 1.97. The summed E-state index contributed by atoms with van der Waals surface area (Å²) in [5, 5.41) is 3.21. The van der Waals surface area contributed by atoms with Crippen LogP contribution < -0.4 is 10.1 Å². The Morgan fingerprint density at radius 3 is 3.00 bits per heavy atom. The van der Waals surface area contributed by atoms with Gasteiger partial charge >= 0.3 is 0 Å². The van der Waals surface area contributed by atoms with E-state index in [0.717, 1.165) is 37.4 Å². The molecule has 0 bridgehead atoms. The normalized spacial score (nSPS) is 18.3. The molecule has 4 heteroatoms. The maximum absolute atomic E-state index is 12.3. The van der Waals surface area contributed by atoms with E-state index in [9.17, 15) is 4.79 Å². The lowest BCUT2D eigenvalue weighted by Gasteiger charge is -2.32. The highest BCUT2D eigenvalue weighted by Crippen LogP contribution is 2.20. The predicted octanol–water partition coefficient (Wildman–Crippen LogP) is 2.53. The number of nitrogens with one attached hydrogen (secondary N) is 1. The summed E-state index contributed by atoms with van der Waals surface area (Å²) in [6, 6.07) is 6.16. The quantitative estimate of drug-likeness (QED) is 0.878. The van der Waals surface area contributed by atoms with Gasteiger partial charge in [-0.2, -0.15) is 0 Å². The molecule has 1 atom stereocenters. The summed E-state index contributed by atoms with van der Waals surface area (Å²) < 4.78 is 5.79. The molecule has 1 amide bonds. The van der Waals surface area contributed by atoms with Crippen LogP contribution in [0.5, 0.6) is 5.75 Å². The Morgan fingerprint density at radius 1 is 1.41 bits per heavy atom. The Bertz CT molecular complexity index is 500. The van der Waals surface area contributed by atoms with E-state index in [-0.39, 0.29) is 5.91 Å². The van der Waals surface area contributed by atoms with Gasteiger partial charge in [0.25, 0.3) is 0 Å². The average molecular weight is 304 g/mol. The molecule has 1 aliphatic heterocycles. The maximum atomic E-state index is 12.3. The van der Waals surface area contributed by atoms with E-state index in [0.29, 0.717) is 18.9 Å². The first kappa shape index (κ1) is 16.8. The summed E-state index contributed by atoms with van der Waals surface area (Å²) in [6.45, 7) is 7.29. The van der Waals surface area contributed by atoms with Crippen LogP contribution in [-0.2, 0) is 4.79 Å². The number of nitrogens with zero attached hydrogens (tertiary/aromatic N) is 1. The molecular weight excluding hydrogens is 276 g/mol. The molecule has 0 radical (unpaired) electrons. The van der Waals surface area contributed by atoms with Gasteiger partial charge < -0.3 is 15.0 Å². The molecule has 0 aromatic heterocycles. The minimum absolute atomic E-state index is 0.214. The third kappa shape index (κ3) is 4.73. The topological polar surface area (TPSA) is 41.6 Å². The Morgan fingerprint density at radius 2 is 2.23 bits per heavy atom. The van der Waals surface area contributed by atoms with Crippen molar-refractivity contribution in [3.8, 4) is 5.75 Å². The van der Waals surface area contributed by atoms with Crippen molar-refractivity contribution >= 4 is 5.91 Å². The fourth-order valence-electron chi connectivity index (χ4n) is 3.02. The number of ether oxygens (including phenoxy) is 1. The van der Waals surface area contributed by atoms with E-state index in [1.165, 1.54) is 12.0 Å². The summed E-state index contributed by atoms with van der Waals surface area (Å²) in [5.41, 5.74) is 2.29. The maximum Gasteiger partial charge on any atom is 0.226 e. The number of carbonyl (C=O) groups excluding carboxylic acids is 1.